The summed E-state index contributed by atoms with van der Waals surface area (Å²) in [5.41, 5.74) is 0. The van der Waals surface area contributed by atoms with E-state index < -0.39 is 6.04 Å². The van der Waals surface area contributed by atoms with Crippen LogP contribution in [0, 0.1) is 0 Å². The Morgan fingerprint density at radius 3 is 2.88 bits per heavy atom. The van der Waals surface area contributed by atoms with Crippen LogP contribution in [-0.4, -0.2) is 35.5 Å². The van der Waals surface area contributed by atoms with E-state index in [0.29, 0.717) is 17.6 Å². The molecule has 2 aliphatic rings. The average molecular weight is 286 g/mol. The summed E-state index contributed by atoms with van der Waals surface area (Å²) in [6, 6.07) is 2.81. The van der Waals surface area contributed by atoms with E-state index in [1.54, 1.807) is 12.1 Å². The Hall–Kier alpha value is -1.30. The average Bonchev–Trinajstić information content (AvgIpc) is 2.90. The predicted molar refractivity (Wildman–Crippen MR) is 55.7 cm³/mol. The molecule has 2 atom stereocenters. The van der Waals surface area contributed by atoms with Crippen LogP contribution in [0.15, 0.2) is 21.2 Å². The molecule has 84 valence electrons. The highest BCUT2D eigenvalue weighted by molar-refractivity contribution is 9.10. The molecule has 2 aliphatic heterocycles. The number of nitrogens with zero attached hydrogens (tertiary/aromatic N) is 1. The monoisotopic (exact) mass is 285 g/mol. The number of furan rings is 1. The Kier molecular flexibility index (Phi) is 2.07. The van der Waals surface area contributed by atoms with Gasteiger partial charge in [0.25, 0.3) is 5.91 Å². The highest BCUT2D eigenvalue weighted by Crippen LogP contribution is 2.30. The maximum atomic E-state index is 12.0. The van der Waals surface area contributed by atoms with Crippen LogP contribution in [0.2, 0.25) is 0 Å². The van der Waals surface area contributed by atoms with Crippen molar-refractivity contribution in [2.45, 2.75) is 18.6 Å². The van der Waals surface area contributed by atoms with Gasteiger partial charge in [-0.3, -0.25) is 4.79 Å². The van der Waals surface area contributed by atoms with E-state index in [2.05, 4.69) is 15.9 Å². The number of esters is 1. The Labute approximate surface area is 99.5 Å². The number of likely N-dealkylation sites (tertiary alicyclic amines) is 1. The summed E-state index contributed by atoms with van der Waals surface area (Å²) in [6.45, 7) is 0.466. The summed E-state index contributed by atoms with van der Waals surface area (Å²) in [6.07, 6.45) is 0.465. The maximum absolute atomic E-state index is 12.0. The van der Waals surface area contributed by atoms with Crippen LogP contribution in [0.1, 0.15) is 17.0 Å². The van der Waals surface area contributed by atoms with Gasteiger partial charge in [0.05, 0.1) is 6.54 Å². The molecular formula is C10H8BrNO4. The molecule has 0 radical (unpaired) electrons. The number of morpholine rings is 1. The van der Waals surface area contributed by atoms with E-state index in [1.165, 1.54) is 4.90 Å². The summed E-state index contributed by atoms with van der Waals surface area (Å²) in [4.78, 5) is 24.8. The number of ether oxygens (including phenoxy) is 1. The number of rotatable bonds is 1. The van der Waals surface area contributed by atoms with Gasteiger partial charge in [-0.1, -0.05) is 0 Å². The molecule has 2 fully saturated rings. The van der Waals surface area contributed by atoms with Gasteiger partial charge in [0.2, 0.25) is 0 Å². The second kappa shape index (κ2) is 3.35. The lowest BCUT2D eigenvalue weighted by atomic mass is 10.2. The first-order valence-corrected chi connectivity index (χ1v) is 5.71. The highest BCUT2D eigenvalue weighted by Gasteiger charge is 2.49. The molecule has 0 aliphatic carbocycles. The normalized spacial score (nSPS) is 27.3. The molecule has 3 rings (SSSR count). The third kappa shape index (κ3) is 1.36. The molecule has 16 heavy (non-hydrogen) atoms. The molecule has 2 bridgehead atoms. The lowest BCUT2D eigenvalue weighted by Gasteiger charge is -2.24. The summed E-state index contributed by atoms with van der Waals surface area (Å²) in [5.74, 6) is -0.322. The van der Waals surface area contributed by atoms with E-state index in [9.17, 15) is 9.59 Å². The minimum atomic E-state index is -0.429. The van der Waals surface area contributed by atoms with Gasteiger partial charge in [-0.15, -0.1) is 0 Å². The predicted octanol–water partition coefficient (Wildman–Crippen LogP) is 1.18. The Bertz CT molecular complexity index is 469. The maximum Gasteiger partial charge on any atom is 0.329 e. The molecular weight excluding hydrogens is 278 g/mol. The van der Waals surface area contributed by atoms with Crippen molar-refractivity contribution in [3.63, 3.8) is 0 Å². The fraction of sp³-hybridized carbons (Fsp3) is 0.400. The zero-order valence-electron chi connectivity index (χ0n) is 8.18. The van der Waals surface area contributed by atoms with Crippen LogP contribution in [-0.2, 0) is 9.53 Å². The largest absolute Gasteiger partial charge is 0.459 e. The molecule has 1 aromatic rings. The number of halogens is 1. The van der Waals surface area contributed by atoms with Crippen molar-refractivity contribution < 1.29 is 18.7 Å². The number of hydrogen-bond acceptors (Lipinski definition) is 4. The second-order valence-electron chi connectivity index (χ2n) is 3.87. The molecule has 0 saturated carbocycles. The number of carbonyl (C=O) groups excluding carboxylic acids is 2. The SMILES string of the molecule is O=C1O[C@H]2C[C@H]1N(C(=O)c1ccc(Br)o1)C2. The summed E-state index contributed by atoms with van der Waals surface area (Å²) < 4.78 is 10.7. The number of hydrogen-bond donors (Lipinski definition) is 0. The molecule has 0 N–H and O–H groups in total. The zero-order valence-corrected chi connectivity index (χ0v) is 9.77. The number of carbonyl (C=O) groups is 2. The Balaban J connectivity index is 1.84. The lowest BCUT2D eigenvalue weighted by Crippen LogP contribution is -2.44. The molecule has 0 spiro atoms. The van der Waals surface area contributed by atoms with E-state index in [-0.39, 0.29) is 23.7 Å². The molecule has 3 heterocycles. The van der Waals surface area contributed by atoms with Crippen molar-refractivity contribution >= 4 is 27.8 Å². The van der Waals surface area contributed by atoms with Crippen molar-refractivity contribution in [2.24, 2.45) is 0 Å². The Morgan fingerprint density at radius 1 is 1.50 bits per heavy atom. The van der Waals surface area contributed by atoms with Gasteiger partial charge in [-0.2, -0.15) is 0 Å². The van der Waals surface area contributed by atoms with Crippen molar-refractivity contribution in [2.75, 3.05) is 6.54 Å². The van der Waals surface area contributed by atoms with E-state index in [0.717, 1.165) is 0 Å². The van der Waals surface area contributed by atoms with Crippen molar-refractivity contribution in [1.82, 2.24) is 4.90 Å². The van der Waals surface area contributed by atoms with Crippen LogP contribution in [0.3, 0.4) is 0 Å². The summed E-state index contributed by atoms with van der Waals surface area (Å²) >= 11 is 3.13. The van der Waals surface area contributed by atoms with Gasteiger partial charge in [-0.25, -0.2) is 4.79 Å². The first kappa shape index (κ1) is 9.89. The summed E-state index contributed by atoms with van der Waals surface area (Å²) in [5, 5.41) is 0. The van der Waals surface area contributed by atoms with E-state index in [4.69, 9.17) is 9.15 Å². The van der Waals surface area contributed by atoms with Gasteiger partial charge in [0.15, 0.2) is 10.4 Å². The lowest BCUT2D eigenvalue weighted by molar-refractivity contribution is -0.149. The highest BCUT2D eigenvalue weighted by atomic mass is 79.9. The van der Waals surface area contributed by atoms with Crippen LogP contribution in [0.4, 0.5) is 0 Å². The summed E-state index contributed by atoms with van der Waals surface area (Å²) in [7, 11) is 0. The van der Waals surface area contributed by atoms with Crippen molar-refractivity contribution in [3.8, 4) is 0 Å². The van der Waals surface area contributed by atoms with Crippen molar-refractivity contribution in [3.05, 3.63) is 22.6 Å². The van der Waals surface area contributed by atoms with Gasteiger partial charge < -0.3 is 14.1 Å². The molecule has 0 unspecified atom stereocenters. The fourth-order valence-corrected chi connectivity index (χ4v) is 2.45. The molecule has 6 heteroatoms. The van der Waals surface area contributed by atoms with Crippen LogP contribution >= 0.6 is 15.9 Å². The van der Waals surface area contributed by atoms with E-state index in [1.807, 2.05) is 0 Å². The number of fused-ring (bicyclic) bond motifs is 2. The minimum Gasteiger partial charge on any atom is -0.459 e. The second-order valence-corrected chi connectivity index (χ2v) is 4.65. The molecule has 0 aromatic carbocycles. The van der Waals surface area contributed by atoms with Gasteiger partial charge in [0.1, 0.15) is 12.1 Å². The fourth-order valence-electron chi connectivity index (χ4n) is 2.14. The third-order valence-electron chi connectivity index (χ3n) is 2.86. The van der Waals surface area contributed by atoms with Gasteiger partial charge >= 0.3 is 5.97 Å². The molecule has 2 saturated heterocycles. The van der Waals surface area contributed by atoms with Crippen LogP contribution in [0.25, 0.3) is 0 Å². The van der Waals surface area contributed by atoms with Gasteiger partial charge in [0, 0.05) is 6.42 Å². The van der Waals surface area contributed by atoms with Crippen molar-refractivity contribution in [1.29, 1.82) is 0 Å². The topological polar surface area (TPSA) is 59.8 Å². The first-order chi connectivity index (χ1) is 7.65. The number of amides is 1. The standard InChI is InChI=1S/C10H8BrNO4/c11-8-2-1-7(16-8)9(13)12-4-5-3-6(12)10(14)15-5/h1-2,5-6H,3-4H2/t5-,6+/m0/s1. The zero-order chi connectivity index (χ0) is 11.3. The smallest absolute Gasteiger partial charge is 0.329 e. The van der Waals surface area contributed by atoms with Crippen LogP contribution < -0.4 is 0 Å². The van der Waals surface area contributed by atoms with Crippen LogP contribution in [0.5, 0.6) is 0 Å². The van der Waals surface area contributed by atoms with Gasteiger partial charge in [-0.05, 0) is 28.1 Å². The first-order valence-electron chi connectivity index (χ1n) is 4.92. The minimum absolute atomic E-state index is 0.139. The van der Waals surface area contributed by atoms with E-state index >= 15 is 0 Å². The third-order valence-corrected chi connectivity index (χ3v) is 3.29. The quantitative estimate of drug-likeness (QED) is 0.727. The molecule has 5 nitrogen and oxygen atoms in total. The molecule has 1 aromatic heterocycles. The Morgan fingerprint density at radius 2 is 2.31 bits per heavy atom. The molecule has 1 amide bonds.